The van der Waals surface area contributed by atoms with Crippen LogP contribution in [0.3, 0.4) is 0 Å². The Balaban J connectivity index is 2.17. The summed E-state index contributed by atoms with van der Waals surface area (Å²) in [5.41, 5.74) is 6.86. The van der Waals surface area contributed by atoms with Gasteiger partial charge in [-0.05, 0) is 59.4 Å². The zero-order valence-electron chi connectivity index (χ0n) is 10.7. The monoisotopic (exact) mass is 378 g/mol. The van der Waals surface area contributed by atoms with Crippen molar-refractivity contribution in [2.24, 2.45) is 11.7 Å². The maximum absolute atomic E-state index is 11.5. The van der Waals surface area contributed by atoms with Gasteiger partial charge in [-0.3, -0.25) is 10.1 Å². The number of fused-ring (bicyclic) bond motifs is 1. The number of carbonyl (C=O) groups excluding carboxylic acids is 1. The predicted octanol–water partition coefficient (Wildman–Crippen LogP) is 2.83. The Kier molecular flexibility index (Phi) is 4.66. The number of nitrogens with two attached hydrogens (primary N) is 1. The first-order chi connectivity index (χ1) is 8.49. The van der Waals surface area contributed by atoms with Crippen LogP contribution in [0, 0.1) is 8.80 Å². The molecule has 0 radical (unpaired) electrons. The molecular weight excluding hydrogens is 359 g/mol. The highest BCUT2D eigenvalue weighted by atomic mass is 127. The Morgan fingerprint density at radius 1 is 1.61 bits per heavy atom. The Morgan fingerprint density at radius 3 is 2.94 bits per heavy atom. The lowest BCUT2D eigenvalue weighted by Gasteiger charge is -2.29. The van der Waals surface area contributed by atoms with Gasteiger partial charge in [0.15, 0.2) is 0 Å². The third-order valence-corrected chi connectivity index (χ3v) is 5.41. The van der Waals surface area contributed by atoms with Gasteiger partial charge in [-0.15, -0.1) is 11.3 Å². The summed E-state index contributed by atoms with van der Waals surface area (Å²) in [6.45, 7) is 4.06. The number of halogens is 1. The number of carbonyl (C=O) groups is 1. The van der Waals surface area contributed by atoms with E-state index in [1.807, 2.05) is 25.2 Å². The Bertz CT molecular complexity index is 444. The van der Waals surface area contributed by atoms with Gasteiger partial charge in [-0.1, -0.05) is 13.8 Å². The lowest BCUT2D eigenvalue weighted by Crippen LogP contribution is -2.46. The number of amides is 1. The zero-order valence-corrected chi connectivity index (χ0v) is 13.7. The molecule has 0 saturated carbocycles. The van der Waals surface area contributed by atoms with E-state index in [4.69, 9.17) is 5.73 Å². The molecule has 0 fully saturated rings. The van der Waals surface area contributed by atoms with Crippen molar-refractivity contribution >= 4 is 39.8 Å². The van der Waals surface area contributed by atoms with Crippen molar-refractivity contribution in [1.82, 2.24) is 5.32 Å². The molecule has 0 saturated heterocycles. The lowest BCUT2D eigenvalue weighted by atomic mass is 9.92. The van der Waals surface area contributed by atoms with Crippen LogP contribution >= 0.6 is 33.9 Å². The van der Waals surface area contributed by atoms with Gasteiger partial charge >= 0.3 is 0 Å². The maximum Gasteiger partial charge on any atom is 0.234 e. The number of hydrogen-bond acceptors (Lipinski definition) is 3. The molecule has 0 bridgehead atoms. The van der Waals surface area contributed by atoms with Crippen LogP contribution < -0.4 is 11.1 Å². The van der Waals surface area contributed by atoms with Crippen LogP contribution in [0.25, 0.3) is 0 Å². The highest BCUT2D eigenvalue weighted by molar-refractivity contribution is 14.1. The van der Waals surface area contributed by atoms with Crippen LogP contribution in [0.5, 0.6) is 0 Å². The second-order valence-electron chi connectivity index (χ2n) is 5.16. The van der Waals surface area contributed by atoms with Gasteiger partial charge in [-0.2, -0.15) is 0 Å². The van der Waals surface area contributed by atoms with Crippen molar-refractivity contribution in [2.45, 2.75) is 45.2 Å². The molecule has 0 spiro atoms. The van der Waals surface area contributed by atoms with E-state index in [1.54, 1.807) is 0 Å². The van der Waals surface area contributed by atoms with E-state index in [0.717, 1.165) is 6.42 Å². The number of primary amides is 1. The summed E-state index contributed by atoms with van der Waals surface area (Å²) in [6, 6.07) is 2.29. The van der Waals surface area contributed by atoms with Gasteiger partial charge < -0.3 is 5.73 Å². The summed E-state index contributed by atoms with van der Waals surface area (Å²) in [5.74, 6) is -0.0207. The summed E-state index contributed by atoms with van der Waals surface area (Å²) < 4.78 is 1.33. The second kappa shape index (κ2) is 5.88. The Hall–Kier alpha value is -0.140. The summed E-state index contributed by atoms with van der Waals surface area (Å²) in [7, 11) is 0. The molecular formula is C13H19IN2OS. The molecule has 18 heavy (non-hydrogen) atoms. The summed E-state index contributed by atoms with van der Waals surface area (Å²) >= 11 is 4.24. The number of rotatable bonds is 4. The Morgan fingerprint density at radius 2 is 2.33 bits per heavy atom. The van der Waals surface area contributed by atoms with Gasteiger partial charge in [-0.25, -0.2) is 0 Å². The lowest BCUT2D eigenvalue weighted by molar-refractivity contribution is -0.121. The summed E-state index contributed by atoms with van der Waals surface area (Å²) in [6.07, 6.45) is 3.45. The first-order valence-corrected chi connectivity index (χ1v) is 8.22. The van der Waals surface area contributed by atoms with Gasteiger partial charge in [0.1, 0.15) is 0 Å². The molecule has 0 aliphatic heterocycles. The van der Waals surface area contributed by atoms with Crippen molar-refractivity contribution in [3.8, 4) is 0 Å². The summed E-state index contributed by atoms with van der Waals surface area (Å²) in [4.78, 5) is 13.0. The average Bonchev–Trinajstić information content (AvgIpc) is 2.65. The topological polar surface area (TPSA) is 55.1 Å². The normalized spacial score (nSPS) is 20.8. The molecule has 1 aliphatic carbocycles. The van der Waals surface area contributed by atoms with Crippen LogP contribution in [0.4, 0.5) is 0 Å². The molecule has 0 aromatic carbocycles. The van der Waals surface area contributed by atoms with E-state index < -0.39 is 0 Å². The van der Waals surface area contributed by atoms with E-state index in [0.29, 0.717) is 0 Å². The number of hydrogen-bond donors (Lipinski definition) is 2. The van der Waals surface area contributed by atoms with Crippen molar-refractivity contribution in [1.29, 1.82) is 0 Å². The van der Waals surface area contributed by atoms with Crippen LogP contribution in [0.15, 0.2) is 6.07 Å². The van der Waals surface area contributed by atoms with Gasteiger partial charge in [0, 0.05) is 10.9 Å². The minimum Gasteiger partial charge on any atom is -0.368 e. The number of aryl methyl sites for hydroxylation is 1. The van der Waals surface area contributed by atoms with Crippen molar-refractivity contribution in [3.05, 3.63) is 19.4 Å². The molecule has 1 aromatic rings. The standard InChI is InChI=1S/C13H19IN2OS/c1-7(2)12(13(15)17)16-9-4-3-5-10-8(9)6-11(14)18-10/h6-7,9,12,16H,3-5H2,1-2H3,(H2,15,17). The van der Waals surface area contributed by atoms with E-state index in [-0.39, 0.29) is 23.9 Å². The third kappa shape index (κ3) is 3.05. The smallest absolute Gasteiger partial charge is 0.234 e. The SMILES string of the molecule is CC(C)C(NC1CCCc2sc(I)cc21)C(N)=O. The first kappa shape index (κ1) is 14.3. The maximum atomic E-state index is 11.5. The van der Waals surface area contributed by atoms with Gasteiger partial charge in [0.25, 0.3) is 0 Å². The number of nitrogens with one attached hydrogen (secondary N) is 1. The average molecular weight is 378 g/mol. The molecule has 2 unspecified atom stereocenters. The first-order valence-electron chi connectivity index (χ1n) is 6.32. The van der Waals surface area contributed by atoms with Gasteiger partial charge in [0.2, 0.25) is 5.91 Å². The molecule has 1 aromatic heterocycles. The highest BCUT2D eigenvalue weighted by Gasteiger charge is 2.28. The fourth-order valence-corrected chi connectivity index (χ4v) is 4.63. The molecule has 3 nitrogen and oxygen atoms in total. The summed E-state index contributed by atoms with van der Waals surface area (Å²) in [5, 5.41) is 3.45. The quantitative estimate of drug-likeness (QED) is 0.792. The zero-order chi connectivity index (χ0) is 13.3. The van der Waals surface area contributed by atoms with Crippen molar-refractivity contribution in [2.75, 3.05) is 0 Å². The largest absolute Gasteiger partial charge is 0.368 e. The van der Waals surface area contributed by atoms with Crippen LogP contribution in [0.2, 0.25) is 0 Å². The van der Waals surface area contributed by atoms with E-state index in [1.165, 1.54) is 26.2 Å². The van der Waals surface area contributed by atoms with Crippen LogP contribution in [-0.2, 0) is 11.2 Å². The molecule has 1 heterocycles. The molecule has 100 valence electrons. The third-order valence-electron chi connectivity index (χ3n) is 3.44. The van der Waals surface area contributed by atoms with Crippen molar-refractivity contribution < 1.29 is 4.79 Å². The van der Waals surface area contributed by atoms with Crippen molar-refractivity contribution in [3.63, 3.8) is 0 Å². The Labute approximate surface area is 126 Å². The minimum atomic E-state index is -0.248. The molecule has 2 rings (SSSR count). The molecule has 1 amide bonds. The van der Waals surface area contributed by atoms with Crippen LogP contribution in [-0.4, -0.2) is 11.9 Å². The fourth-order valence-electron chi connectivity index (χ4n) is 2.51. The molecule has 1 aliphatic rings. The predicted molar refractivity (Wildman–Crippen MR) is 83.7 cm³/mol. The molecule has 5 heteroatoms. The van der Waals surface area contributed by atoms with E-state index in [9.17, 15) is 4.79 Å². The minimum absolute atomic E-state index is 0.227. The van der Waals surface area contributed by atoms with Gasteiger partial charge in [0.05, 0.1) is 8.93 Å². The molecule has 2 atom stereocenters. The van der Waals surface area contributed by atoms with Crippen LogP contribution in [0.1, 0.15) is 43.2 Å². The van der Waals surface area contributed by atoms with E-state index in [2.05, 4.69) is 34.0 Å². The highest BCUT2D eigenvalue weighted by Crippen LogP contribution is 2.36. The second-order valence-corrected chi connectivity index (χ2v) is 8.20. The number of thiophene rings is 1. The fraction of sp³-hybridized carbons (Fsp3) is 0.615. The molecule has 3 N–H and O–H groups in total. The van der Waals surface area contributed by atoms with E-state index >= 15 is 0 Å².